The molecule has 0 unspecified atom stereocenters. The molecule has 0 aromatic rings. The molecule has 6 nitrogen and oxygen atoms in total. The van der Waals surface area contributed by atoms with Gasteiger partial charge in [-0.05, 0) is 112 Å². The van der Waals surface area contributed by atoms with Crippen molar-refractivity contribution in [2.75, 3.05) is 13.7 Å². The molecule has 0 aromatic heterocycles. The van der Waals surface area contributed by atoms with Crippen molar-refractivity contribution in [3.05, 3.63) is 0 Å². The summed E-state index contributed by atoms with van der Waals surface area (Å²) in [6.07, 6.45) is 6.87. The standard InChI is InChI=1S/C29H50O6/c1-18(8-11-25(33)35-27(2,3)4)20-9-10-21-26-22(12-14-29(20,21)6)28(5,15-13-24(32)34-7)19(17-30)16-23(26)31/h18-23,26,30-31H,8-17H2,1-7H3/t18-,19-,20-,21+,22+,23+,26+,28+,29-/m1/s1. The lowest BCUT2D eigenvalue weighted by Crippen LogP contribution is -2.57. The maximum absolute atomic E-state index is 12.3. The third kappa shape index (κ3) is 5.74. The molecule has 0 spiro atoms. The van der Waals surface area contributed by atoms with Crippen LogP contribution in [0.15, 0.2) is 0 Å². The summed E-state index contributed by atoms with van der Waals surface area (Å²) in [5.74, 6) is 1.55. The van der Waals surface area contributed by atoms with Crippen LogP contribution in [0.3, 0.4) is 0 Å². The zero-order valence-electron chi connectivity index (χ0n) is 23.1. The van der Waals surface area contributed by atoms with Gasteiger partial charge < -0.3 is 19.7 Å². The van der Waals surface area contributed by atoms with Gasteiger partial charge in [0.15, 0.2) is 0 Å². The number of methoxy groups -OCH3 is 1. The van der Waals surface area contributed by atoms with Crippen LogP contribution < -0.4 is 0 Å². The fraction of sp³-hybridized carbons (Fsp3) is 0.931. The number of rotatable bonds is 8. The van der Waals surface area contributed by atoms with E-state index in [1.165, 1.54) is 7.11 Å². The second kappa shape index (κ2) is 10.7. The number of fused-ring (bicyclic) bond motifs is 3. The van der Waals surface area contributed by atoms with Gasteiger partial charge in [-0.1, -0.05) is 20.8 Å². The van der Waals surface area contributed by atoms with E-state index in [0.29, 0.717) is 49.4 Å². The molecule has 0 radical (unpaired) electrons. The minimum atomic E-state index is -0.451. The SMILES string of the molecule is COC(=O)CC[C@@]1(C)[C@@H](CO)C[C@H](O)[C@@H]2[C@@H]1CC[C@]1(C)[C@@H]([C@H](C)CCC(=O)OC(C)(C)C)CC[C@@H]21. The van der Waals surface area contributed by atoms with Crippen LogP contribution in [0.2, 0.25) is 0 Å². The topological polar surface area (TPSA) is 93.1 Å². The second-order valence-corrected chi connectivity index (χ2v) is 13.4. The number of hydrogen-bond acceptors (Lipinski definition) is 6. The van der Waals surface area contributed by atoms with Gasteiger partial charge in [-0.3, -0.25) is 9.59 Å². The normalized spacial score (nSPS) is 39.9. The predicted octanol–water partition coefficient (Wildman–Crippen LogP) is 5.14. The van der Waals surface area contributed by atoms with E-state index in [9.17, 15) is 19.8 Å². The molecule has 3 saturated carbocycles. The number of ether oxygens (including phenoxy) is 2. The summed E-state index contributed by atoms with van der Waals surface area (Å²) in [7, 11) is 1.43. The highest BCUT2D eigenvalue weighted by atomic mass is 16.6. The Morgan fingerprint density at radius 1 is 1.06 bits per heavy atom. The average molecular weight is 495 g/mol. The Morgan fingerprint density at radius 3 is 2.34 bits per heavy atom. The van der Waals surface area contributed by atoms with Crippen molar-refractivity contribution in [2.24, 2.45) is 46.3 Å². The molecular weight excluding hydrogens is 444 g/mol. The van der Waals surface area contributed by atoms with Crippen LogP contribution in [0, 0.1) is 46.3 Å². The molecule has 3 aliphatic carbocycles. The maximum atomic E-state index is 12.3. The molecule has 0 aromatic carbocycles. The van der Waals surface area contributed by atoms with Gasteiger partial charge in [-0.15, -0.1) is 0 Å². The fourth-order valence-electron chi connectivity index (χ4n) is 8.58. The highest BCUT2D eigenvalue weighted by Crippen LogP contribution is 2.67. The van der Waals surface area contributed by atoms with Crippen LogP contribution in [0.1, 0.15) is 99.3 Å². The molecule has 0 aliphatic heterocycles. The summed E-state index contributed by atoms with van der Waals surface area (Å²) < 4.78 is 10.5. The maximum Gasteiger partial charge on any atom is 0.306 e. The van der Waals surface area contributed by atoms with Gasteiger partial charge in [-0.2, -0.15) is 0 Å². The van der Waals surface area contributed by atoms with Gasteiger partial charge in [-0.25, -0.2) is 0 Å². The van der Waals surface area contributed by atoms with Crippen molar-refractivity contribution >= 4 is 11.9 Å². The van der Waals surface area contributed by atoms with E-state index in [-0.39, 0.29) is 41.2 Å². The smallest absolute Gasteiger partial charge is 0.306 e. The predicted molar refractivity (Wildman–Crippen MR) is 135 cm³/mol. The number of aliphatic hydroxyl groups excluding tert-OH is 2. The Kier molecular flexibility index (Phi) is 8.68. The Bertz CT molecular complexity index is 759. The number of carbonyl (C=O) groups excluding carboxylic acids is 2. The van der Waals surface area contributed by atoms with Gasteiger partial charge >= 0.3 is 11.9 Å². The Balaban J connectivity index is 1.75. The molecule has 35 heavy (non-hydrogen) atoms. The van der Waals surface area contributed by atoms with Crippen molar-refractivity contribution in [1.29, 1.82) is 0 Å². The highest BCUT2D eigenvalue weighted by molar-refractivity contribution is 5.70. The van der Waals surface area contributed by atoms with Gasteiger partial charge in [0.25, 0.3) is 0 Å². The third-order valence-electron chi connectivity index (χ3n) is 10.4. The lowest BCUT2D eigenvalue weighted by atomic mass is 9.45. The number of hydrogen-bond donors (Lipinski definition) is 2. The molecule has 3 fully saturated rings. The lowest BCUT2D eigenvalue weighted by Gasteiger charge is -2.60. The summed E-state index contributed by atoms with van der Waals surface area (Å²) in [5.41, 5.74) is -0.493. The molecular formula is C29H50O6. The van der Waals surface area contributed by atoms with Crippen molar-refractivity contribution in [3.8, 4) is 0 Å². The summed E-state index contributed by atoms with van der Waals surface area (Å²) in [4.78, 5) is 24.3. The second-order valence-electron chi connectivity index (χ2n) is 13.4. The van der Waals surface area contributed by atoms with Gasteiger partial charge in [0.1, 0.15) is 5.60 Å². The number of carbonyl (C=O) groups is 2. The summed E-state index contributed by atoms with van der Waals surface area (Å²) >= 11 is 0. The monoisotopic (exact) mass is 494 g/mol. The van der Waals surface area contributed by atoms with Crippen LogP contribution in [0.25, 0.3) is 0 Å². The minimum absolute atomic E-state index is 0.00212. The van der Waals surface area contributed by atoms with Crippen LogP contribution in [-0.2, 0) is 19.1 Å². The van der Waals surface area contributed by atoms with Crippen molar-refractivity contribution in [2.45, 2.75) is 111 Å². The van der Waals surface area contributed by atoms with Gasteiger partial charge in [0, 0.05) is 19.4 Å². The van der Waals surface area contributed by atoms with E-state index in [1.54, 1.807) is 0 Å². The van der Waals surface area contributed by atoms with Crippen molar-refractivity contribution in [1.82, 2.24) is 0 Å². The first-order chi connectivity index (χ1) is 16.3. The Labute approximate surface area is 212 Å². The van der Waals surface area contributed by atoms with Crippen LogP contribution >= 0.6 is 0 Å². The molecule has 0 amide bonds. The quantitative estimate of drug-likeness (QED) is 0.454. The van der Waals surface area contributed by atoms with Gasteiger partial charge in [0.2, 0.25) is 0 Å². The molecule has 3 rings (SSSR count). The summed E-state index contributed by atoms with van der Waals surface area (Å²) in [6, 6.07) is 0. The lowest BCUT2D eigenvalue weighted by molar-refractivity contribution is -0.167. The van der Waals surface area contributed by atoms with Crippen molar-refractivity contribution < 1.29 is 29.3 Å². The van der Waals surface area contributed by atoms with Crippen LogP contribution in [-0.4, -0.2) is 47.6 Å². The summed E-state index contributed by atoms with van der Waals surface area (Å²) in [6.45, 7) is 12.7. The van der Waals surface area contributed by atoms with Crippen molar-refractivity contribution in [3.63, 3.8) is 0 Å². The van der Waals surface area contributed by atoms with E-state index < -0.39 is 11.7 Å². The Hall–Kier alpha value is -1.14. The molecule has 3 aliphatic rings. The number of esters is 2. The molecule has 0 saturated heterocycles. The first-order valence-electron chi connectivity index (χ1n) is 13.8. The van der Waals surface area contributed by atoms with Crippen LogP contribution in [0.4, 0.5) is 0 Å². The van der Waals surface area contributed by atoms with E-state index in [0.717, 1.165) is 32.1 Å². The van der Waals surface area contributed by atoms with E-state index in [1.807, 2.05) is 20.8 Å². The molecule has 0 heterocycles. The average Bonchev–Trinajstić information content (AvgIpc) is 3.13. The zero-order valence-corrected chi connectivity index (χ0v) is 23.1. The Morgan fingerprint density at radius 2 is 1.74 bits per heavy atom. The van der Waals surface area contributed by atoms with E-state index in [4.69, 9.17) is 9.47 Å². The largest absolute Gasteiger partial charge is 0.469 e. The summed E-state index contributed by atoms with van der Waals surface area (Å²) in [5, 5.41) is 21.6. The molecule has 6 heteroatoms. The molecule has 202 valence electrons. The molecule has 2 N–H and O–H groups in total. The molecule has 0 bridgehead atoms. The minimum Gasteiger partial charge on any atom is -0.469 e. The van der Waals surface area contributed by atoms with E-state index >= 15 is 0 Å². The van der Waals surface area contributed by atoms with Crippen LogP contribution in [0.5, 0.6) is 0 Å². The number of aliphatic hydroxyl groups is 2. The third-order valence-corrected chi connectivity index (χ3v) is 10.4. The fourth-order valence-corrected chi connectivity index (χ4v) is 8.58. The zero-order chi connectivity index (χ0) is 26.2. The highest BCUT2D eigenvalue weighted by Gasteiger charge is 2.62. The first-order valence-corrected chi connectivity index (χ1v) is 13.8. The molecule has 9 atom stereocenters. The van der Waals surface area contributed by atoms with E-state index in [2.05, 4.69) is 20.8 Å². The van der Waals surface area contributed by atoms with Gasteiger partial charge in [0.05, 0.1) is 13.2 Å². The first kappa shape index (κ1) is 28.4.